The minimum absolute atomic E-state index is 0.0448. The summed E-state index contributed by atoms with van der Waals surface area (Å²) in [6.45, 7) is 4.96. The van der Waals surface area contributed by atoms with Gasteiger partial charge in [0, 0.05) is 51.3 Å². The first kappa shape index (κ1) is 18.0. The Kier molecular flexibility index (Phi) is 5.48. The molecule has 3 rings (SSSR count). The van der Waals surface area contributed by atoms with E-state index in [-0.39, 0.29) is 5.02 Å². The molecule has 9 heteroatoms. The van der Waals surface area contributed by atoms with E-state index in [1.54, 1.807) is 12.5 Å². The van der Waals surface area contributed by atoms with Crippen LogP contribution in [-0.4, -0.2) is 52.2 Å². The molecule has 0 bridgehead atoms. The van der Waals surface area contributed by atoms with Crippen LogP contribution < -0.4 is 4.90 Å². The first-order valence-corrected chi connectivity index (χ1v) is 8.47. The van der Waals surface area contributed by atoms with Crippen molar-refractivity contribution in [3.8, 4) is 0 Å². The molecule has 0 atom stereocenters. The summed E-state index contributed by atoms with van der Waals surface area (Å²) in [6, 6.07) is 0.946. The minimum atomic E-state index is -4.43. The molecule has 25 heavy (non-hydrogen) atoms. The summed E-state index contributed by atoms with van der Waals surface area (Å²) < 4.78 is 40.1. The van der Waals surface area contributed by atoms with Crippen LogP contribution in [0.4, 0.5) is 19.0 Å². The molecule has 3 heterocycles. The molecule has 0 amide bonds. The van der Waals surface area contributed by atoms with Crippen LogP contribution in [-0.2, 0) is 12.7 Å². The summed E-state index contributed by atoms with van der Waals surface area (Å²) in [5.74, 6) is 0.424. The number of alkyl halides is 3. The summed E-state index contributed by atoms with van der Waals surface area (Å²) in [5, 5.41) is 0.0448. The van der Waals surface area contributed by atoms with Gasteiger partial charge in [-0.25, -0.2) is 9.97 Å². The average molecular weight is 374 g/mol. The lowest BCUT2D eigenvalue weighted by Gasteiger charge is -2.35. The highest BCUT2D eigenvalue weighted by Crippen LogP contribution is 2.33. The number of hydrogen-bond acceptors (Lipinski definition) is 4. The first-order chi connectivity index (χ1) is 11.9. The zero-order chi connectivity index (χ0) is 17.9. The van der Waals surface area contributed by atoms with Crippen molar-refractivity contribution < 1.29 is 13.2 Å². The monoisotopic (exact) mass is 373 g/mol. The molecule has 1 aliphatic heterocycles. The number of rotatable bonds is 5. The van der Waals surface area contributed by atoms with Crippen molar-refractivity contribution in [1.29, 1.82) is 0 Å². The number of pyridine rings is 1. The number of piperazine rings is 1. The van der Waals surface area contributed by atoms with Gasteiger partial charge in [0.2, 0.25) is 0 Å². The van der Waals surface area contributed by atoms with E-state index in [9.17, 15) is 13.2 Å². The van der Waals surface area contributed by atoms with Crippen LogP contribution in [0.3, 0.4) is 0 Å². The van der Waals surface area contributed by atoms with Crippen molar-refractivity contribution in [1.82, 2.24) is 19.4 Å². The summed E-state index contributed by atoms with van der Waals surface area (Å²) >= 11 is 6.02. The maximum atomic E-state index is 12.7. The Labute approximate surface area is 149 Å². The molecule has 2 aromatic rings. The van der Waals surface area contributed by atoms with Gasteiger partial charge < -0.3 is 9.47 Å². The van der Waals surface area contributed by atoms with E-state index < -0.39 is 11.7 Å². The molecule has 0 saturated carbocycles. The van der Waals surface area contributed by atoms with E-state index in [4.69, 9.17) is 11.6 Å². The Morgan fingerprint density at radius 1 is 1.12 bits per heavy atom. The van der Waals surface area contributed by atoms with Crippen LogP contribution in [0, 0.1) is 0 Å². The average Bonchev–Trinajstić information content (AvgIpc) is 3.08. The minimum Gasteiger partial charge on any atom is -0.353 e. The van der Waals surface area contributed by atoms with Crippen LogP contribution in [0.15, 0.2) is 31.0 Å². The Balaban J connectivity index is 1.50. The molecule has 1 fully saturated rings. The largest absolute Gasteiger partial charge is 0.417 e. The van der Waals surface area contributed by atoms with Gasteiger partial charge in [0.25, 0.3) is 0 Å². The predicted octanol–water partition coefficient (Wildman–Crippen LogP) is 3.16. The third-order valence-electron chi connectivity index (χ3n) is 4.27. The van der Waals surface area contributed by atoms with Crippen LogP contribution in [0.2, 0.25) is 5.02 Å². The second-order valence-electron chi connectivity index (χ2n) is 6.01. The van der Waals surface area contributed by atoms with Gasteiger partial charge in [0.1, 0.15) is 5.82 Å². The van der Waals surface area contributed by atoms with Crippen molar-refractivity contribution in [3.05, 3.63) is 41.6 Å². The van der Waals surface area contributed by atoms with Crippen LogP contribution in [0.25, 0.3) is 0 Å². The maximum Gasteiger partial charge on any atom is 0.417 e. The Morgan fingerprint density at radius 3 is 2.48 bits per heavy atom. The topological polar surface area (TPSA) is 37.2 Å². The van der Waals surface area contributed by atoms with E-state index in [0.717, 1.165) is 44.9 Å². The van der Waals surface area contributed by atoms with Crippen molar-refractivity contribution in [3.63, 3.8) is 0 Å². The van der Waals surface area contributed by atoms with E-state index in [2.05, 4.69) is 14.9 Å². The number of hydrogen-bond donors (Lipinski definition) is 0. The lowest BCUT2D eigenvalue weighted by Crippen LogP contribution is -2.47. The molecule has 1 aliphatic rings. The van der Waals surface area contributed by atoms with E-state index >= 15 is 0 Å². The zero-order valence-corrected chi connectivity index (χ0v) is 14.3. The molecule has 0 radical (unpaired) electrons. The van der Waals surface area contributed by atoms with Crippen molar-refractivity contribution >= 4 is 17.4 Å². The second-order valence-corrected chi connectivity index (χ2v) is 6.42. The number of anilines is 1. The number of aryl methyl sites for hydroxylation is 1. The first-order valence-electron chi connectivity index (χ1n) is 8.09. The molecular formula is C16H19ClF3N5. The van der Waals surface area contributed by atoms with Gasteiger partial charge >= 0.3 is 6.18 Å². The highest BCUT2D eigenvalue weighted by molar-refractivity contribution is 6.33. The molecule has 2 aromatic heterocycles. The van der Waals surface area contributed by atoms with Crippen LogP contribution >= 0.6 is 11.6 Å². The molecule has 1 saturated heterocycles. The standard InChI is InChI=1S/C16H19ClF3N5/c17-14-10-13(16(18,19)20)11-22-15(14)25-8-6-23(7-9-25)3-1-4-24-5-2-21-12-24/h2,5,10-12H,1,3-4,6-9H2. The van der Waals surface area contributed by atoms with Gasteiger partial charge in [-0.05, 0) is 19.0 Å². The summed E-state index contributed by atoms with van der Waals surface area (Å²) in [4.78, 5) is 12.2. The molecule has 0 unspecified atom stereocenters. The quantitative estimate of drug-likeness (QED) is 0.806. The second kappa shape index (κ2) is 7.61. The molecule has 0 spiro atoms. The van der Waals surface area contributed by atoms with Gasteiger partial charge in [-0.1, -0.05) is 11.6 Å². The number of aromatic nitrogens is 3. The fourth-order valence-corrected chi connectivity index (χ4v) is 3.18. The summed E-state index contributed by atoms with van der Waals surface area (Å²) in [7, 11) is 0. The molecule has 5 nitrogen and oxygen atoms in total. The fourth-order valence-electron chi connectivity index (χ4n) is 2.90. The van der Waals surface area contributed by atoms with Gasteiger partial charge in [0.05, 0.1) is 16.9 Å². The Bertz CT molecular complexity index is 682. The number of nitrogens with zero attached hydrogens (tertiary/aromatic N) is 5. The van der Waals surface area contributed by atoms with E-state index in [1.807, 2.05) is 15.7 Å². The molecule has 136 valence electrons. The smallest absolute Gasteiger partial charge is 0.353 e. The molecule has 0 aliphatic carbocycles. The third-order valence-corrected chi connectivity index (χ3v) is 4.55. The van der Waals surface area contributed by atoms with Gasteiger partial charge in [-0.2, -0.15) is 13.2 Å². The van der Waals surface area contributed by atoms with Crippen LogP contribution in [0.1, 0.15) is 12.0 Å². The normalized spacial score (nSPS) is 16.4. The van der Waals surface area contributed by atoms with Crippen molar-refractivity contribution in [2.75, 3.05) is 37.6 Å². The van der Waals surface area contributed by atoms with Gasteiger partial charge in [-0.3, -0.25) is 4.90 Å². The zero-order valence-electron chi connectivity index (χ0n) is 13.6. The van der Waals surface area contributed by atoms with Crippen molar-refractivity contribution in [2.24, 2.45) is 0 Å². The van der Waals surface area contributed by atoms with Gasteiger partial charge in [-0.15, -0.1) is 0 Å². The Hall–Kier alpha value is -1.80. The van der Waals surface area contributed by atoms with Crippen LogP contribution in [0.5, 0.6) is 0 Å². The predicted molar refractivity (Wildman–Crippen MR) is 89.7 cm³/mol. The summed E-state index contributed by atoms with van der Waals surface area (Å²) in [6.07, 6.45) is 2.95. The Morgan fingerprint density at radius 2 is 1.88 bits per heavy atom. The molecule has 0 N–H and O–H groups in total. The highest BCUT2D eigenvalue weighted by atomic mass is 35.5. The molecule has 0 aromatic carbocycles. The third kappa shape index (κ3) is 4.64. The SMILES string of the molecule is FC(F)(F)c1cnc(N2CCN(CCCn3ccnc3)CC2)c(Cl)c1. The highest BCUT2D eigenvalue weighted by Gasteiger charge is 2.32. The molecular weight excluding hydrogens is 355 g/mol. The van der Waals surface area contributed by atoms with Gasteiger partial charge in [0.15, 0.2) is 0 Å². The van der Waals surface area contributed by atoms with E-state index in [1.165, 1.54) is 0 Å². The van der Waals surface area contributed by atoms with E-state index in [0.29, 0.717) is 18.9 Å². The number of imidazole rings is 1. The lowest BCUT2D eigenvalue weighted by molar-refractivity contribution is -0.137. The van der Waals surface area contributed by atoms with Crippen molar-refractivity contribution in [2.45, 2.75) is 19.1 Å². The summed E-state index contributed by atoms with van der Waals surface area (Å²) in [5.41, 5.74) is -0.820. The number of halogens is 4. The lowest BCUT2D eigenvalue weighted by atomic mass is 10.2. The maximum absolute atomic E-state index is 12.7. The fraction of sp³-hybridized carbons (Fsp3) is 0.500.